The molecular formula is C36H40BrClN2O4. The standard InChI is InChI=1S/C36H39ClN2O4.BrH/c1-35(2)26-12-5-7-14-28(26)38(22-20-32(40)41)30(35)18-16-24-10-9-11-25(34(24)37)17-19-31-36(3,4)27-13-6-8-15-29(27)39(31)23-21-33(42)43;/h5-8,12-19H,9-11,20-23H2,1-4H3,(H-,40,41,42,43);1H. The van der Waals surface area contributed by atoms with Crippen LogP contribution in [0.15, 0.2) is 94.7 Å². The number of fused-ring (bicyclic) bond motifs is 2. The minimum atomic E-state index is -0.817. The highest BCUT2D eigenvalue weighted by molar-refractivity contribution is 6.32. The molecule has 3 aliphatic rings. The van der Waals surface area contributed by atoms with Gasteiger partial charge in [-0.2, -0.15) is 4.58 Å². The number of rotatable bonds is 9. The van der Waals surface area contributed by atoms with E-state index in [4.69, 9.17) is 11.6 Å². The summed E-state index contributed by atoms with van der Waals surface area (Å²) in [5.74, 6) is -1.63. The van der Waals surface area contributed by atoms with Crippen molar-refractivity contribution < 1.29 is 41.4 Å². The van der Waals surface area contributed by atoms with Crippen LogP contribution in [0.2, 0.25) is 0 Å². The molecule has 2 heterocycles. The van der Waals surface area contributed by atoms with Gasteiger partial charge in [0, 0.05) is 46.1 Å². The number of carboxylic acids is 2. The third-order valence-electron chi connectivity index (χ3n) is 9.04. The third-order valence-corrected chi connectivity index (χ3v) is 9.52. The molecule has 0 radical (unpaired) electrons. The van der Waals surface area contributed by atoms with E-state index in [1.165, 1.54) is 11.1 Å². The highest BCUT2D eigenvalue weighted by atomic mass is 79.9. The van der Waals surface area contributed by atoms with Crippen LogP contribution in [0.3, 0.4) is 0 Å². The Balaban J connectivity index is 0.00000442. The molecule has 5 rings (SSSR count). The third kappa shape index (κ3) is 6.36. The Morgan fingerprint density at radius 2 is 1.55 bits per heavy atom. The number of carbonyl (C=O) groups is 2. The number of benzene rings is 2. The lowest BCUT2D eigenvalue weighted by atomic mass is 9.81. The first-order valence-electron chi connectivity index (χ1n) is 15.0. The Morgan fingerprint density at radius 1 is 0.886 bits per heavy atom. The first kappa shape index (κ1) is 33.5. The van der Waals surface area contributed by atoms with E-state index in [2.05, 4.69) is 85.7 Å². The van der Waals surface area contributed by atoms with Crippen molar-refractivity contribution in [1.82, 2.24) is 0 Å². The van der Waals surface area contributed by atoms with Gasteiger partial charge in [-0.05, 0) is 62.0 Å². The number of nitrogens with zero attached hydrogens (tertiary/aromatic N) is 2. The van der Waals surface area contributed by atoms with Gasteiger partial charge in [0.05, 0.1) is 11.8 Å². The van der Waals surface area contributed by atoms with Crippen LogP contribution in [-0.2, 0) is 20.4 Å². The molecule has 0 saturated carbocycles. The fourth-order valence-corrected chi connectivity index (χ4v) is 7.06. The molecule has 2 N–H and O–H groups in total. The molecule has 0 amide bonds. The number of para-hydroxylation sites is 2. The molecule has 0 bridgehead atoms. The Hall–Kier alpha value is -3.42. The zero-order chi connectivity index (χ0) is 30.9. The van der Waals surface area contributed by atoms with Crippen molar-refractivity contribution >= 4 is 40.6 Å². The van der Waals surface area contributed by atoms with Crippen LogP contribution >= 0.6 is 11.6 Å². The molecule has 232 valence electrons. The van der Waals surface area contributed by atoms with Gasteiger partial charge in [0.2, 0.25) is 5.69 Å². The van der Waals surface area contributed by atoms with Crippen LogP contribution in [0.5, 0.6) is 0 Å². The summed E-state index contributed by atoms with van der Waals surface area (Å²) < 4.78 is 2.13. The van der Waals surface area contributed by atoms with E-state index in [0.717, 1.165) is 58.2 Å². The second-order valence-electron chi connectivity index (χ2n) is 12.5. The fraction of sp³-hybridized carbons (Fsp3) is 0.361. The molecule has 0 aromatic heterocycles. The molecule has 2 aromatic rings. The predicted molar refractivity (Wildman–Crippen MR) is 173 cm³/mol. The van der Waals surface area contributed by atoms with Crippen molar-refractivity contribution in [3.05, 3.63) is 106 Å². The Morgan fingerprint density at radius 3 is 2.25 bits per heavy atom. The van der Waals surface area contributed by atoms with Gasteiger partial charge in [-0.15, -0.1) is 0 Å². The summed E-state index contributed by atoms with van der Waals surface area (Å²) in [7, 11) is 0. The summed E-state index contributed by atoms with van der Waals surface area (Å²) in [6.45, 7) is 9.52. The molecule has 6 nitrogen and oxygen atoms in total. The monoisotopic (exact) mass is 678 g/mol. The maximum absolute atomic E-state index is 11.4. The van der Waals surface area contributed by atoms with Gasteiger partial charge in [-0.3, -0.25) is 9.59 Å². The molecule has 0 atom stereocenters. The number of allylic oxidation sites excluding steroid dienone is 8. The van der Waals surface area contributed by atoms with E-state index in [1.54, 1.807) is 0 Å². The first-order chi connectivity index (χ1) is 20.4. The van der Waals surface area contributed by atoms with E-state index >= 15 is 0 Å². The van der Waals surface area contributed by atoms with Gasteiger partial charge in [0.15, 0.2) is 12.3 Å². The average molecular weight is 680 g/mol. The van der Waals surface area contributed by atoms with Crippen molar-refractivity contribution in [3.63, 3.8) is 0 Å². The number of hydrogen-bond acceptors (Lipinski definition) is 3. The van der Waals surface area contributed by atoms with Crippen LogP contribution in [-0.4, -0.2) is 45.5 Å². The second kappa shape index (κ2) is 13.3. The fourth-order valence-electron chi connectivity index (χ4n) is 6.75. The molecular weight excluding hydrogens is 640 g/mol. The van der Waals surface area contributed by atoms with Crippen molar-refractivity contribution in [1.29, 1.82) is 0 Å². The molecule has 0 fully saturated rings. The number of carboxylic acid groups (broad SMARTS) is 2. The van der Waals surface area contributed by atoms with E-state index in [-0.39, 0.29) is 40.7 Å². The summed E-state index contributed by atoms with van der Waals surface area (Å²) in [6.07, 6.45) is 11.2. The first-order valence-corrected chi connectivity index (χ1v) is 15.3. The summed E-state index contributed by atoms with van der Waals surface area (Å²) in [6, 6.07) is 16.4. The van der Waals surface area contributed by atoms with E-state index in [9.17, 15) is 19.8 Å². The minimum absolute atomic E-state index is 0. The topological polar surface area (TPSA) is 80.9 Å². The largest absolute Gasteiger partial charge is 1.00 e. The quantitative estimate of drug-likeness (QED) is 0.371. The molecule has 1 aliphatic carbocycles. The predicted octanol–water partition coefficient (Wildman–Crippen LogP) is 4.86. The van der Waals surface area contributed by atoms with E-state index < -0.39 is 11.9 Å². The van der Waals surface area contributed by atoms with Gasteiger partial charge < -0.3 is 32.1 Å². The normalized spacial score (nSPS) is 20.3. The molecule has 0 spiro atoms. The van der Waals surface area contributed by atoms with E-state index in [0.29, 0.717) is 13.1 Å². The lowest BCUT2D eigenvalue weighted by molar-refractivity contribution is -0.436. The van der Waals surface area contributed by atoms with Crippen molar-refractivity contribution in [2.45, 2.75) is 70.6 Å². The van der Waals surface area contributed by atoms with Crippen LogP contribution in [0.1, 0.15) is 70.9 Å². The molecule has 2 aliphatic heterocycles. The Labute approximate surface area is 275 Å². The number of anilines is 1. The molecule has 2 aromatic carbocycles. The Kier molecular flexibility index (Phi) is 10.1. The zero-order valence-electron chi connectivity index (χ0n) is 25.7. The van der Waals surface area contributed by atoms with Crippen molar-refractivity contribution in [2.75, 3.05) is 18.0 Å². The highest BCUT2D eigenvalue weighted by Crippen LogP contribution is 2.48. The summed E-state index contributed by atoms with van der Waals surface area (Å²) in [5.41, 5.74) is 8.16. The maximum atomic E-state index is 11.4. The van der Waals surface area contributed by atoms with Gasteiger partial charge >= 0.3 is 11.9 Å². The maximum Gasteiger partial charge on any atom is 0.309 e. The molecule has 44 heavy (non-hydrogen) atoms. The summed E-state index contributed by atoms with van der Waals surface area (Å²) >= 11 is 7.06. The van der Waals surface area contributed by atoms with Crippen LogP contribution in [0.4, 0.5) is 11.4 Å². The van der Waals surface area contributed by atoms with Gasteiger partial charge in [0.25, 0.3) is 0 Å². The smallest absolute Gasteiger partial charge is 0.309 e. The average Bonchev–Trinajstić information content (AvgIpc) is 3.32. The van der Waals surface area contributed by atoms with Gasteiger partial charge in [-0.1, -0.05) is 74.0 Å². The molecule has 0 unspecified atom stereocenters. The Bertz CT molecular complexity index is 1630. The minimum Gasteiger partial charge on any atom is -1.00 e. The summed E-state index contributed by atoms with van der Waals surface area (Å²) in [5, 5.41) is 19.5. The van der Waals surface area contributed by atoms with Crippen LogP contribution in [0.25, 0.3) is 0 Å². The van der Waals surface area contributed by atoms with Crippen molar-refractivity contribution in [2.24, 2.45) is 0 Å². The summed E-state index contributed by atoms with van der Waals surface area (Å²) in [4.78, 5) is 25.0. The second-order valence-corrected chi connectivity index (χ2v) is 12.9. The molecule has 8 heteroatoms. The van der Waals surface area contributed by atoms with E-state index in [1.807, 2.05) is 24.3 Å². The SMILES string of the molecule is CC1(C)C(/C=C/C2=C(Cl)C(=C/C=C3/N(CCC(=O)O)c4ccccc4C3(C)C)/CCC2)=[N+](CCC(=O)O)c2ccccc21.[Br-]. The highest BCUT2D eigenvalue weighted by Gasteiger charge is 2.44. The number of hydrogen-bond donors (Lipinski definition) is 2. The lowest BCUT2D eigenvalue weighted by Gasteiger charge is -2.27. The zero-order valence-corrected chi connectivity index (χ0v) is 28.1. The van der Waals surface area contributed by atoms with Gasteiger partial charge in [0.1, 0.15) is 6.42 Å². The number of halogens is 2. The van der Waals surface area contributed by atoms with Crippen LogP contribution < -0.4 is 21.9 Å². The lowest BCUT2D eigenvalue weighted by Crippen LogP contribution is -3.00. The number of aliphatic carboxylic acids is 2. The molecule has 0 saturated heterocycles. The van der Waals surface area contributed by atoms with Crippen LogP contribution in [0, 0.1) is 0 Å². The van der Waals surface area contributed by atoms with Gasteiger partial charge in [-0.25, -0.2) is 0 Å². The van der Waals surface area contributed by atoms with Crippen molar-refractivity contribution in [3.8, 4) is 0 Å².